The summed E-state index contributed by atoms with van der Waals surface area (Å²) in [6, 6.07) is 13.6. The zero-order valence-electron chi connectivity index (χ0n) is 17.4. The Morgan fingerprint density at radius 2 is 1.80 bits per heavy atom. The Hall–Kier alpha value is -3.74. The van der Waals surface area contributed by atoms with E-state index in [1.807, 2.05) is 70.2 Å². The van der Waals surface area contributed by atoms with Crippen LogP contribution in [-0.4, -0.2) is 25.5 Å². The monoisotopic (exact) mass is 401 g/mol. The summed E-state index contributed by atoms with van der Waals surface area (Å²) in [6.07, 6.45) is 1.64. The smallest absolute Gasteiger partial charge is 0.293 e. The van der Waals surface area contributed by atoms with Crippen LogP contribution in [-0.2, 0) is 11.3 Å². The van der Waals surface area contributed by atoms with E-state index in [9.17, 15) is 9.59 Å². The highest BCUT2D eigenvalue weighted by Gasteiger charge is 2.17. The van der Waals surface area contributed by atoms with Gasteiger partial charge in [-0.3, -0.25) is 9.59 Å². The lowest BCUT2D eigenvalue weighted by molar-refractivity contribution is -0.117. The molecule has 0 unspecified atom stereocenters. The van der Waals surface area contributed by atoms with Gasteiger partial charge in [-0.05, 0) is 56.5 Å². The van der Waals surface area contributed by atoms with Gasteiger partial charge in [-0.1, -0.05) is 30.3 Å². The highest BCUT2D eigenvalue weighted by atomic mass is 16.2. The second-order valence-corrected chi connectivity index (χ2v) is 7.52. The van der Waals surface area contributed by atoms with Gasteiger partial charge in [0.25, 0.3) is 5.56 Å². The standard InChI is InChI=1S/C23H23N5O2/c1-14-9-10-15(2)19(11-14)25-21(29)13-27-23(30)22-18(17(4)26-27)12-24-28(22)20-8-6-5-7-16(20)3/h5-12H,13H2,1-4H3,(H,25,29). The van der Waals surface area contributed by atoms with Crippen molar-refractivity contribution in [2.24, 2.45) is 0 Å². The molecule has 7 heteroatoms. The van der Waals surface area contributed by atoms with Crippen molar-refractivity contribution in [1.82, 2.24) is 19.6 Å². The number of para-hydroxylation sites is 1. The summed E-state index contributed by atoms with van der Waals surface area (Å²) in [5, 5.41) is 12.3. The molecule has 0 saturated heterocycles. The van der Waals surface area contributed by atoms with Gasteiger partial charge in [-0.15, -0.1) is 0 Å². The molecule has 0 fully saturated rings. The van der Waals surface area contributed by atoms with Gasteiger partial charge in [-0.25, -0.2) is 9.36 Å². The fourth-order valence-corrected chi connectivity index (χ4v) is 3.51. The second kappa shape index (κ2) is 7.59. The van der Waals surface area contributed by atoms with Gasteiger partial charge in [0.15, 0.2) is 0 Å². The average molecular weight is 401 g/mol. The molecular formula is C23H23N5O2. The van der Waals surface area contributed by atoms with Crippen molar-refractivity contribution < 1.29 is 4.79 Å². The summed E-state index contributed by atoms with van der Waals surface area (Å²) in [4.78, 5) is 25.9. The molecule has 30 heavy (non-hydrogen) atoms. The van der Waals surface area contributed by atoms with Gasteiger partial charge < -0.3 is 5.32 Å². The summed E-state index contributed by atoms with van der Waals surface area (Å²) in [5.41, 5.74) is 5.25. The fraction of sp³-hybridized carbons (Fsp3) is 0.217. The maximum atomic E-state index is 13.2. The Kier molecular flexibility index (Phi) is 4.95. The number of rotatable bonds is 4. The molecule has 0 aliphatic rings. The molecular weight excluding hydrogens is 378 g/mol. The Bertz CT molecular complexity index is 1330. The molecule has 1 amide bonds. The number of carbonyl (C=O) groups excluding carboxylic acids is 1. The maximum absolute atomic E-state index is 13.2. The number of aromatic nitrogens is 4. The van der Waals surface area contributed by atoms with Crippen molar-refractivity contribution in [3.63, 3.8) is 0 Å². The number of amides is 1. The van der Waals surface area contributed by atoms with Gasteiger partial charge in [-0.2, -0.15) is 10.2 Å². The minimum atomic E-state index is -0.354. The van der Waals surface area contributed by atoms with Crippen LogP contribution in [0.5, 0.6) is 0 Å². The number of benzene rings is 2. The van der Waals surface area contributed by atoms with Crippen molar-refractivity contribution in [3.8, 4) is 5.69 Å². The van der Waals surface area contributed by atoms with E-state index in [1.54, 1.807) is 10.9 Å². The molecule has 0 saturated carbocycles. The van der Waals surface area contributed by atoms with Gasteiger partial charge in [0.05, 0.1) is 17.6 Å². The molecule has 7 nitrogen and oxygen atoms in total. The zero-order valence-corrected chi connectivity index (χ0v) is 17.4. The molecule has 2 aromatic carbocycles. The van der Waals surface area contributed by atoms with Gasteiger partial charge in [0, 0.05) is 11.1 Å². The summed E-state index contributed by atoms with van der Waals surface area (Å²) in [5.74, 6) is -0.306. The molecule has 0 radical (unpaired) electrons. The van der Waals surface area contributed by atoms with E-state index in [1.165, 1.54) is 4.68 Å². The van der Waals surface area contributed by atoms with E-state index in [2.05, 4.69) is 15.5 Å². The summed E-state index contributed by atoms with van der Waals surface area (Å²) in [6.45, 7) is 7.49. The molecule has 0 spiro atoms. The van der Waals surface area contributed by atoms with E-state index in [-0.39, 0.29) is 18.0 Å². The Labute approximate surface area is 174 Å². The third kappa shape index (κ3) is 3.50. The first-order valence-electron chi connectivity index (χ1n) is 9.73. The van der Waals surface area contributed by atoms with E-state index in [0.717, 1.165) is 28.1 Å². The molecule has 0 bridgehead atoms. The number of nitrogens with zero attached hydrogens (tertiary/aromatic N) is 4. The number of nitrogens with one attached hydrogen (secondary N) is 1. The van der Waals surface area contributed by atoms with Crippen LogP contribution in [0, 0.1) is 27.7 Å². The highest BCUT2D eigenvalue weighted by molar-refractivity contribution is 5.91. The zero-order chi connectivity index (χ0) is 21.4. The van der Waals surface area contributed by atoms with Crippen LogP contribution in [0.1, 0.15) is 22.4 Å². The van der Waals surface area contributed by atoms with Crippen LogP contribution in [0.2, 0.25) is 0 Å². The maximum Gasteiger partial charge on any atom is 0.293 e. The first-order chi connectivity index (χ1) is 14.3. The molecule has 0 atom stereocenters. The SMILES string of the molecule is Cc1ccc(C)c(NC(=O)Cn2nc(C)c3cnn(-c4ccccc4C)c3c2=O)c1. The minimum absolute atomic E-state index is 0.179. The van der Waals surface area contributed by atoms with E-state index < -0.39 is 0 Å². The number of hydrogen-bond acceptors (Lipinski definition) is 4. The lowest BCUT2D eigenvalue weighted by Crippen LogP contribution is -2.31. The summed E-state index contributed by atoms with van der Waals surface area (Å²) < 4.78 is 2.83. The van der Waals surface area contributed by atoms with Crippen LogP contribution >= 0.6 is 0 Å². The third-order valence-corrected chi connectivity index (χ3v) is 5.17. The number of carbonyl (C=O) groups is 1. The van der Waals surface area contributed by atoms with Crippen LogP contribution in [0.25, 0.3) is 16.6 Å². The predicted molar refractivity (Wildman–Crippen MR) is 117 cm³/mol. The molecule has 0 aliphatic carbocycles. The molecule has 4 rings (SSSR count). The normalized spacial score (nSPS) is 11.1. The summed E-state index contributed by atoms with van der Waals surface area (Å²) >= 11 is 0. The molecule has 1 N–H and O–H groups in total. The van der Waals surface area contributed by atoms with Crippen molar-refractivity contribution in [3.05, 3.63) is 81.4 Å². The summed E-state index contributed by atoms with van der Waals surface area (Å²) in [7, 11) is 0. The van der Waals surface area contributed by atoms with Gasteiger partial charge >= 0.3 is 0 Å². The van der Waals surface area contributed by atoms with Crippen LogP contribution in [0.15, 0.2) is 53.5 Å². The lowest BCUT2D eigenvalue weighted by atomic mass is 10.1. The first-order valence-corrected chi connectivity index (χ1v) is 9.73. The number of aryl methyl sites for hydroxylation is 4. The predicted octanol–water partition coefficient (Wildman–Crippen LogP) is 3.45. The van der Waals surface area contributed by atoms with Crippen LogP contribution < -0.4 is 10.9 Å². The van der Waals surface area contributed by atoms with E-state index >= 15 is 0 Å². The molecule has 4 aromatic rings. The second-order valence-electron chi connectivity index (χ2n) is 7.52. The van der Waals surface area contributed by atoms with Crippen LogP contribution in [0.3, 0.4) is 0 Å². The number of fused-ring (bicyclic) bond motifs is 1. The minimum Gasteiger partial charge on any atom is -0.324 e. The quantitative estimate of drug-likeness (QED) is 0.568. The Morgan fingerprint density at radius 3 is 2.57 bits per heavy atom. The van der Waals surface area contributed by atoms with Crippen molar-refractivity contribution in [2.45, 2.75) is 34.2 Å². The number of anilines is 1. The Morgan fingerprint density at radius 1 is 1.03 bits per heavy atom. The van der Waals surface area contributed by atoms with Gasteiger partial charge in [0.1, 0.15) is 12.1 Å². The molecule has 2 aromatic heterocycles. The fourth-order valence-electron chi connectivity index (χ4n) is 3.51. The largest absolute Gasteiger partial charge is 0.324 e. The van der Waals surface area contributed by atoms with E-state index in [4.69, 9.17) is 0 Å². The van der Waals surface area contributed by atoms with Crippen molar-refractivity contribution >= 4 is 22.5 Å². The van der Waals surface area contributed by atoms with Crippen LogP contribution in [0.4, 0.5) is 5.69 Å². The average Bonchev–Trinajstić information content (AvgIpc) is 3.15. The molecule has 152 valence electrons. The van der Waals surface area contributed by atoms with Crippen molar-refractivity contribution in [1.29, 1.82) is 0 Å². The Balaban J connectivity index is 1.73. The third-order valence-electron chi connectivity index (χ3n) is 5.17. The van der Waals surface area contributed by atoms with Gasteiger partial charge in [0.2, 0.25) is 5.91 Å². The first kappa shape index (κ1) is 19.6. The van der Waals surface area contributed by atoms with E-state index in [0.29, 0.717) is 16.6 Å². The lowest BCUT2D eigenvalue weighted by Gasteiger charge is -2.12. The highest BCUT2D eigenvalue weighted by Crippen LogP contribution is 2.20. The van der Waals surface area contributed by atoms with Crippen molar-refractivity contribution in [2.75, 3.05) is 5.32 Å². The molecule has 0 aliphatic heterocycles. The molecule has 2 heterocycles. The number of hydrogen-bond donors (Lipinski definition) is 1. The topological polar surface area (TPSA) is 81.8 Å².